The number of nitrogens with two attached hydrogens (primary N) is 1. The zero-order chi connectivity index (χ0) is 14.3. The lowest BCUT2D eigenvalue weighted by atomic mass is 10.2. The van der Waals surface area contributed by atoms with E-state index in [1.807, 2.05) is 6.92 Å². The molecule has 0 bridgehead atoms. The number of nitrogens with zero attached hydrogens (tertiary/aromatic N) is 3. The molecule has 0 saturated heterocycles. The Bertz CT molecular complexity index is 395. The number of aliphatic hydroxyl groups excluding tert-OH is 1. The molecule has 1 heterocycles. The molecule has 1 rings (SSSR count). The SMILES string of the molecule is CCCCN(CCO)c1nc(CCC)nc(N)c1C. The molecule has 0 radical (unpaired) electrons. The Morgan fingerprint density at radius 3 is 2.47 bits per heavy atom. The summed E-state index contributed by atoms with van der Waals surface area (Å²) in [7, 11) is 0. The van der Waals surface area contributed by atoms with Crippen LogP contribution in [-0.2, 0) is 6.42 Å². The molecule has 0 amide bonds. The number of aliphatic hydroxyl groups is 1. The van der Waals surface area contributed by atoms with E-state index in [2.05, 4.69) is 28.7 Å². The van der Waals surface area contributed by atoms with Crippen LogP contribution in [0.3, 0.4) is 0 Å². The minimum Gasteiger partial charge on any atom is -0.395 e. The van der Waals surface area contributed by atoms with E-state index in [1.54, 1.807) is 0 Å². The van der Waals surface area contributed by atoms with Gasteiger partial charge in [-0.1, -0.05) is 20.3 Å². The molecule has 5 heteroatoms. The van der Waals surface area contributed by atoms with Crippen molar-refractivity contribution in [3.63, 3.8) is 0 Å². The number of anilines is 2. The average molecular weight is 266 g/mol. The molecular weight excluding hydrogens is 240 g/mol. The lowest BCUT2D eigenvalue weighted by molar-refractivity contribution is 0.301. The Kier molecular flexibility index (Phi) is 6.56. The van der Waals surface area contributed by atoms with Crippen LogP contribution in [0.2, 0.25) is 0 Å². The summed E-state index contributed by atoms with van der Waals surface area (Å²) in [5, 5.41) is 9.21. The van der Waals surface area contributed by atoms with E-state index in [0.29, 0.717) is 12.4 Å². The van der Waals surface area contributed by atoms with E-state index in [-0.39, 0.29) is 6.61 Å². The highest BCUT2D eigenvalue weighted by Crippen LogP contribution is 2.22. The van der Waals surface area contributed by atoms with Gasteiger partial charge in [0.2, 0.25) is 0 Å². The summed E-state index contributed by atoms with van der Waals surface area (Å²) in [4.78, 5) is 11.0. The molecule has 108 valence electrons. The van der Waals surface area contributed by atoms with E-state index >= 15 is 0 Å². The Labute approximate surface area is 115 Å². The van der Waals surface area contributed by atoms with Crippen molar-refractivity contribution in [3.8, 4) is 0 Å². The van der Waals surface area contributed by atoms with Crippen LogP contribution in [0.4, 0.5) is 11.6 Å². The third-order valence-corrected chi connectivity index (χ3v) is 3.13. The Morgan fingerprint density at radius 1 is 1.16 bits per heavy atom. The summed E-state index contributed by atoms with van der Waals surface area (Å²) in [5.74, 6) is 2.21. The van der Waals surface area contributed by atoms with Gasteiger partial charge in [-0.2, -0.15) is 0 Å². The Morgan fingerprint density at radius 2 is 1.89 bits per heavy atom. The predicted molar refractivity (Wildman–Crippen MR) is 79.4 cm³/mol. The van der Waals surface area contributed by atoms with E-state index in [9.17, 15) is 5.11 Å². The quantitative estimate of drug-likeness (QED) is 0.752. The fourth-order valence-corrected chi connectivity index (χ4v) is 2.01. The first kappa shape index (κ1) is 15.7. The van der Waals surface area contributed by atoms with Gasteiger partial charge in [-0.3, -0.25) is 0 Å². The summed E-state index contributed by atoms with van der Waals surface area (Å²) in [6, 6.07) is 0. The standard InChI is InChI=1S/C14H26N4O/c1-4-6-8-18(9-10-19)14-11(3)13(15)16-12(17-14)7-5-2/h19H,4-10H2,1-3H3,(H2,15,16,17). The van der Waals surface area contributed by atoms with Crippen molar-refractivity contribution in [3.05, 3.63) is 11.4 Å². The smallest absolute Gasteiger partial charge is 0.137 e. The number of aryl methyl sites for hydroxylation is 1. The highest BCUT2D eigenvalue weighted by atomic mass is 16.3. The number of unbranched alkanes of at least 4 members (excludes halogenated alkanes) is 1. The van der Waals surface area contributed by atoms with Crippen molar-refractivity contribution in [2.45, 2.75) is 46.5 Å². The summed E-state index contributed by atoms with van der Waals surface area (Å²) in [6.45, 7) is 7.79. The molecule has 0 aromatic carbocycles. The lowest BCUT2D eigenvalue weighted by Gasteiger charge is -2.25. The van der Waals surface area contributed by atoms with Crippen LogP contribution in [0, 0.1) is 6.92 Å². The van der Waals surface area contributed by atoms with Crippen LogP contribution in [0.5, 0.6) is 0 Å². The van der Waals surface area contributed by atoms with Crippen LogP contribution in [0.15, 0.2) is 0 Å². The molecule has 1 aromatic heterocycles. The van der Waals surface area contributed by atoms with Gasteiger partial charge in [-0.25, -0.2) is 9.97 Å². The molecule has 0 fully saturated rings. The number of nitrogen functional groups attached to an aromatic ring is 1. The van der Waals surface area contributed by atoms with Gasteiger partial charge in [0.05, 0.1) is 6.61 Å². The number of hydrogen-bond donors (Lipinski definition) is 2. The average Bonchev–Trinajstić information content (AvgIpc) is 2.39. The van der Waals surface area contributed by atoms with Crippen molar-refractivity contribution in [2.75, 3.05) is 30.3 Å². The van der Waals surface area contributed by atoms with E-state index in [4.69, 9.17) is 5.73 Å². The maximum Gasteiger partial charge on any atom is 0.137 e. The molecular formula is C14H26N4O. The molecule has 0 saturated carbocycles. The first-order valence-electron chi connectivity index (χ1n) is 7.12. The maximum absolute atomic E-state index is 9.21. The van der Waals surface area contributed by atoms with E-state index in [1.165, 1.54) is 0 Å². The molecule has 19 heavy (non-hydrogen) atoms. The normalized spacial score (nSPS) is 10.7. The molecule has 1 aromatic rings. The molecule has 3 N–H and O–H groups in total. The van der Waals surface area contributed by atoms with Crippen molar-refractivity contribution in [2.24, 2.45) is 0 Å². The van der Waals surface area contributed by atoms with Crippen molar-refractivity contribution in [1.82, 2.24) is 9.97 Å². The van der Waals surface area contributed by atoms with Gasteiger partial charge in [-0.15, -0.1) is 0 Å². The fourth-order valence-electron chi connectivity index (χ4n) is 2.01. The second kappa shape index (κ2) is 7.94. The first-order chi connectivity index (χ1) is 9.13. The maximum atomic E-state index is 9.21. The molecule has 0 spiro atoms. The third-order valence-electron chi connectivity index (χ3n) is 3.13. The molecule has 0 aliphatic carbocycles. The number of aromatic nitrogens is 2. The summed E-state index contributed by atoms with van der Waals surface area (Å²) < 4.78 is 0. The molecule has 0 aliphatic heterocycles. The van der Waals surface area contributed by atoms with Crippen molar-refractivity contribution in [1.29, 1.82) is 0 Å². The monoisotopic (exact) mass is 266 g/mol. The highest BCUT2D eigenvalue weighted by molar-refractivity contribution is 5.56. The molecule has 0 aliphatic rings. The molecule has 5 nitrogen and oxygen atoms in total. The van der Waals surface area contributed by atoms with Gasteiger partial charge in [0, 0.05) is 25.1 Å². The van der Waals surface area contributed by atoms with Gasteiger partial charge in [0.1, 0.15) is 17.5 Å². The zero-order valence-corrected chi connectivity index (χ0v) is 12.3. The van der Waals surface area contributed by atoms with Crippen LogP contribution in [0.1, 0.15) is 44.5 Å². The van der Waals surface area contributed by atoms with E-state index < -0.39 is 0 Å². The summed E-state index contributed by atoms with van der Waals surface area (Å²) >= 11 is 0. The molecule has 0 atom stereocenters. The second-order valence-corrected chi connectivity index (χ2v) is 4.79. The second-order valence-electron chi connectivity index (χ2n) is 4.79. The van der Waals surface area contributed by atoms with Crippen LogP contribution >= 0.6 is 0 Å². The van der Waals surface area contributed by atoms with Crippen molar-refractivity contribution < 1.29 is 5.11 Å². The Balaban J connectivity index is 3.04. The Hall–Kier alpha value is -1.36. The minimum atomic E-state index is 0.121. The van der Waals surface area contributed by atoms with Gasteiger partial charge in [0.25, 0.3) is 0 Å². The summed E-state index contributed by atoms with van der Waals surface area (Å²) in [6.07, 6.45) is 4.02. The first-order valence-corrected chi connectivity index (χ1v) is 7.12. The third kappa shape index (κ3) is 4.35. The number of rotatable bonds is 8. The highest BCUT2D eigenvalue weighted by Gasteiger charge is 2.14. The van der Waals surface area contributed by atoms with Gasteiger partial charge in [0.15, 0.2) is 0 Å². The summed E-state index contributed by atoms with van der Waals surface area (Å²) in [5.41, 5.74) is 6.88. The lowest BCUT2D eigenvalue weighted by Crippen LogP contribution is -2.30. The minimum absolute atomic E-state index is 0.121. The largest absolute Gasteiger partial charge is 0.395 e. The van der Waals surface area contributed by atoms with E-state index in [0.717, 1.165) is 49.4 Å². The van der Waals surface area contributed by atoms with Crippen LogP contribution < -0.4 is 10.6 Å². The van der Waals surface area contributed by atoms with Crippen LogP contribution in [0.25, 0.3) is 0 Å². The molecule has 0 unspecified atom stereocenters. The van der Waals surface area contributed by atoms with Gasteiger partial charge < -0.3 is 15.7 Å². The number of hydrogen-bond acceptors (Lipinski definition) is 5. The zero-order valence-electron chi connectivity index (χ0n) is 12.3. The van der Waals surface area contributed by atoms with Crippen LogP contribution in [-0.4, -0.2) is 34.8 Å². The fraction of sp³-hybridized carbons (Fsp3) is 0.714. The predicted octanol–water partition coefficient (Wildman–Crippen LogP) is 1.92. The van der Waals surface area contributed by atoms with Gasteiger partial charge >= 0.3 is 0 Å². The topological polar surface area (TPSA) is 75.3 Å². The van der Waals surface area contributed by atoms with Gasteiger partial charge in [-0.05, 0) is 19.8 Å². The van der Waals surface area contributed by atoms with Crippen molar-refractivity contribution >= 4 is 11.6 Å².